The number of rotatable bonds is 4. The molecule has 0 aliphatic heterocycles. The second-order valence-corrected chi connectivity index (χ2v) is 7.42. The van der Waals surface area contributed by atoms with Gasteiger partial charge in [-0.15, -0.1) is 0 Å². The predicted molar refractivity (Wildman–Crippen MR) is 54.9 cm³/mol. The van der Waals surface area contributed by atoms with Crippen LogP contribution in [0.3, 0.4) is 0 Å². The first-order valence-electron chi connectivity index (χ1n) is 4.47. The summed E-state index contributed by atoms with van der Waals surface area (Å²) in [4.78, 5) is 0. The Balaban J connectivity index is 2.97. The zero-order valence-electron chi connectivity index (χ0n) is 8.36. The maximum atomic E-state index is 11.7. The van der Waals surface area contributed by atoms with Crippen LogP contribution in [-0.4, -0.2) is 19.8 Å². The fourth-order valence-corrected chi connectivity index (χ4v) is 3.95. The Kier molecular flexibility index (Phi) is 3.67. The van der Waals surface area contributed by atoms with Crippen LogP contribution >= 0.6 is 0 Å². The van der Waals surface area contributed by atoms with E-state index in [0.717, 1.165) is 0 Å². The summed E-state index contributed by atoms with van der Waals surface area (Å²) in [6.07, 6.45) is 0.666. The van der Waals surface area contributed by atoms with E-state index in [4.69, 9.17) is 4.74 Å². The molecule has 0 spiro atoms. The molecule has 1 aromatic carbocycles. The van der Waals surface area contributed by atoms with Crippen molar-refractivity contribution < 1.29 is 12.4 Å². The van der Waals surface area contributed by atoms with Crippen LogP contribution in [0.15, 0.2) is 24.3 Å². The molecular weight excluding hydrogens is 247 g/mol. The molecule has 0 radical (unpaired) electrons. The summed E-state index contributed by atoms with van der Waals surface area (Å²) in [6, 6.07) is 6.56. The number of hydrogen-bond acceptors (Lipinski definition) is 3. The van der Waals surface area contributed by atoms with E-state index in [1.165, 1.54) is 0 Å². The average Bonchev–Trinajstić information content (AvgIpc) is 2.18. The molecule has 78 valence electrons. The van der Waals surface area contributed by atoms with Crippen LogP contribution in [0.2, 0.25) is 5.32 Å². The Bertz CT molecular complexity index is 378. The third kappa shape index (κ3) is 2.56. The number of methoxy groups -OCH3 is 1. The van der Waals surface area contributed by atoms with Gasteiger partial charge in [-0.1, -0.05) is 0 Å². The van der Waals surface area contributed by atoms with Crippen molar-refractivity contribution in [3.8, 4) is 5.75 Å². The molecule has 1 aromatic rings. The molecule has 0 atom stereocenters. The van der Waals surface area contributed by atoms with Crippen LogP contribution in [0.1, 0.15) is 13.3 Å². The molecule has 0 aliphatic rings. The van der Waals surface area contributed by atoms with E-state index in [-0.39, 0.29) is 5.32 Å². The molecule has 0 aliphatic carbocycles. The summed E-state index contributed by atoms with van der Waals surface area (Å²) < 4.78 is 28.7. The molecule has 0 heterocycles. The van der Waals surface area contributed by atoms with E-state index in [1.54, 1.807) is 31.4 Å². The minimum absolute atomic E-state index is 0.267. The maximum absolute atomic E-state index is 11.7. The van der Waals surface area contributed by atoms with Crippen molar-refractivity contribution in [2.24, 2.45) is 0 Å². The third-order valence-corrected chi connectivity index (χ3v) is 5.95. The van der Waals surface area contributed by atoms with Gasteiger partial charge < -0.3 is 0 Å². The second kappa shape index (κ2) is 4.58. The van der Waals surface area contributed by atoms with Crippen LogP contribution in [0.25, 0.3) is 0 Å². The van der Waals surface area contributed by atoms with Gasteiger partial charge in [0.05, 0.1) is 0 Å². The van der Waals surface area contributed by atoms with Crippen molar-refractivity contribution in [1.82, 2.24) is 0 Å². The van der Waals surface area contributed by atoms with Gasteiger partial charge in [-0.3, -0.25) is 0 Å². The van der Waals surface area contributed by atoms with Gasteiger partial charge in [0.25, 0.3) is 0 Å². The van der Waals surface area contributed by atoms with Gasteiger partial charge in [0.2, 0.25) is 0 Å². The Labute approximate surface area is 85.7 Å². The quantitative estimate of drug-likeness (QED) is 0.773. The zero-order valence-corrected chi connectivity index (χ0v) is 10.1. The molecule has 4 heteroatoms. The molecule has 0 saturated carbocycles. The summed E-state index contributed by atoms with van der Waals surface area (Å²) >= 11 is -3.85. The molecule has 14 heavy (non-hydrogen) atoms. The van der Waals surface area contributed by atoms with E-state index in [9.17, 15) is 7.67 Å². The fourth-order valence-electron chi connectivity index (χ4n) is 1.17. The predicted octanol–water partition coefficient (Wildman–Crippen LogP) is 1.62. The molecule has 0 unspecified atom stereocenters. The van der Waals surface area contributed by atoms with Gasteiger partial charge in [-0.25, -0.2) is 0 Å². The van der Waals surface area contributed by atoms with E-state index in [2.05, 4.69) is 0 Å². The van der Waals surface area contributed by atoms with Crippen LogP contribution < -0.4 is 9.20 Å². The van der Waals surface area contributed by atoms with Crippen molar-refractivity contribution >= 4 is 17.2 Å². The number of hydrogen-bond donors (Lipinski definition) is 0. The van der Waals surface area contributed by atoms with Gasteiger partial charge >= 0.3 is 85.4 Å². The summed E-state index contributed by atoms with van der Waals surface area (Å²) in [5, 5.41) is 0.267. The van der Waals surface area contributed by atoms with Crippen molar-refractivity contribution in [3.05, 3.63) is 24.3 Å². The topological polar surface area (TPSA) is 43.4 Å². The Hall–Kier alpha value is -0.861. The summed E-state index contributed by atoms with van der Waals surface area (Å²) in [7, 11) is 1.56. The van der Waals surface area contributed by atoms with Crippen LogP contribution in [0, 0.1) is 0 Å². The Morgan fingerprint density at radius 2 is 1.79 bits per heavy atom. The first-order valence-corrected chi connectivity index (χ1v) is 7.93. The SMILES string of the molecule is CCC[Se](=O)(=O)c1ccc(OC)cc1. The van der Waals surface area contributed by atoms with Crippen molar-refractivity contribution in [2.45, 2.75) is 18.7 Å². The third-order valence-electron chi connectivity index (χ3n) is 1.89. The van der Waals surface area contributed by atoms with Gasteiger partial charge in [0, 0.05) is 0 Å². The summed E-state index contributed by atoms with van der Waals surface area (Å²) in [5.74, 6) is 0.679. The normalized spacial score (nSPS) is 11.3. The van der Waals surface area contributed by atoms with Crippen molar-refractivity contribution in [1.29, 1.82) is 0 Å². The standard InChI is InChI=1S/C10H14O3Se/c1-3-8-14(11,12)10-6-4-9(13-2)5-7-10/h4-7H,3,8H2,1-2H3. The zero-order chi connectivity index (χ0) is 10.6. The van der Waals surface area contributed by atoms with E-state index >= 15 is 0 Å². The van der Waals surface area contributed by atoms with Gasteiger partial charge in [0.15, 0.2) is 0 Å². The molecule has 0 amide bonds. The molecule has 0 saturated heterocycles. The molecular formula is C10H14O3Se. The van der Waals surface area contributed by atoms with E-state index < -0.39 is 12.7 Å². The van der Waals surface area contributed by atoms with E-state index in [0.29, 0.717) is 16.6 Å². The van der Waals surface area contributed by atoms with Crippen LogP contribution in [0.4, 0.5) is 0 Å². The Morgan fingerprint density at radius 3 is 2.21 bits per heavy atom. The fraction of sp³-hybridized carbons (Fsp3) is 0.400. The minimum atomic E-state index is -3.85. The molecule has 0 aromatic heterocycles. The Morgan fingerprint density at radius 1 is 1.21 bits per heavy atom. The first kappa shape index (κ1) is 11.2. The van der Waals surface area contributed by atoms with E-state index in [1.807, 2.05) is 6.92 Å². The molecule has 0 fully saturated rings. The monoisotopic (exact) mass is 262 g/mol. The van der Waals surface area contributed by atoms with Crippen molar-refractivity contribution in [3.63, 3.8) is 0 Å². The first-order chi connectivity index (χ1) is 6.60. The molecule has 0 N–H and O–H groups in total. The van der Waals surface area contributed by atoms with Gasteiger partial charge in [-0.2, -0.15) is 0 Å². The molecule has 0 bridgehead atoms. The number of benzene rings is 1. The summed E-state index contributed by atoms with van der Waals surface area (Å²) in [5.41, 5.74) is 0. The molecule has 3 nitrogen and oxygen atoms in total. The van der Waals surface area contributed by atoms with Crippen molar-refractivity contribution in [2.75, 3.05) is 7.11 Å². The number of ether oxygens (including phenoxy) is 1. The second-order valence-electron chi connectivity index (χ2n) is 2.99. The van der Waals surface area contributed by atoms with Gasteiger partial charge in [0.1, 0.15) is 0 Å². The van der Waals surface area contributed by atoms with Crippen LogP contribution in [0.5, 0.6) is 5.75 Å². The average molecular weight is 261 g/mol. The van der Waals surface area contributed by atoms with Crippen LogP contribution in [-0.2, 0) is 7.67 Å². The molecule has 1 rings (SSSR count). The summed E-state index contributed by atoms with van der Waals surface area (Å²) in [6.45, 7) is 1.87. The van der Waals surface area contributed by atoms with Gasteiger partial charge in [-0.05, 0) is 0 Å².